The number of hydrogen-bond acceptors (Lipinski definition) is 3. The van der Waals surface area contributed by atoms with Crippen LogP contribution in [-0.2, 0) is 13.0 Å². The maximum absolute atomic E-state index is 12.1. The smallest absolute Gasteiger partial charge is 0.275 e. The van der Waals surface area contributed by atoms with Crippen LogP contribution in [0.25, 0.3) is 5.69 Å². The molecule has 5 nitrogen and oxygen atoms in total. The van der Waals surface area contributed by atoms with Crippen LogP contribution in [0.2, 0.25) is 0 Å². The van der Waals surface area contributed by atoms with Gasteiger partial charge in [-0.15, -0.1) is 0 Å². The van der Waals surface area contributed by atoms with Gasteiger partial charge >= 0.3 is 0 Å². The summed E-state index contributed by atoms with van der Waals surface area (Å²) in [5.74, 6) is 0.170. The molecule has 90 valence electrons. The summed E-state index contributed by atoms with van der Waals surface area (Å²) in [6.07, 6.45) is 0.729. The zero-order valence-electron chi connectivity index (χ0n) is 9.60. The molecule has 0 amide bonds. The van der Waals surface area contributed by atoms with Crippen LogP contribution in [0.3, 0.4) is 0 Å². The lowest BCUT2D eigenvalue weighted by molar-refractivity contribution is 0.475. The molecule has 0 saturated carbocycles. The predicted molar refractivity (Wildman–Crippen MR) is 65.3 cm³/mol. The lowest BCUT2D eigenvalue weighted by Crippen LogP contribution is -2.19. The monoisotopic (exact) mass is 233 g/mol. The fourth-order valence-electron chi connectivity index (χ4n) is 1.80. The van der Waals surface area contributed by atoms with Crippen LogP contribution in [-0.4, -0.2) is 14.9 Å². The number of hydrogen-bond donors (Lipinski definition) is 3. The number of nitrogens with two attached hydrogens (primary N) is 1. The van der Waals surface area contributed by atoms with E-state index in [1.807, 2.05) is 6.92 Å². The molecule has 1 aromatic carbocycles. The Morgan fingerprint density at radius 1 is 1.35 bits per heavy atom. The number of H-pyrrole nitrogens is 1. The molecule has 0 spiro atoms. The van der Waals surface area contributed by atoms with Gasteiger partial charge in [-0.3, -0.25) is 9.89 Å². The molecule has 4 N–H and O–H groups in total. The fourth-order valence-corrected chi connectivity index (χ4v) is 1.80. The quantitative estimate of drug-likeness (QED) is 0.736. The Kier molecular flexibility index (Phi) is 3.01. The van der Waals surface area contributed by atoms with Gasteiger partial charge in [0.25, 0.3) is 5.56 Å². The third-order valence-electron chi connectivity index (χ3n) is 2.74. The van der Waals surface area contributed by atoms with Gasteiger partial charge in [0.2, 0.25) is 0 Å². The zero-order valence-corrected chi connectivity index (χ0v) is 9.60. The van der Waals surface area contributed by atoms with Gasteiger partial charge in [-0.05, 0) is 30.7 Å². The van der Waals surface area contributed by atoms with E-state index in [1.165, 1.54) is 16.8 Å². The first-order valence-corrected chi connectivity index (χ1v) is 5.49. The highest BCUT2D eigenvalue weighted by atomic mass is 16.3. The Labute approximate surface area is 98.5 Å². The molecule has 2 rings (SSSR count). The molecule has 1 aromatic heterocycles. The number of aromatic hydroxyl groups is 1. The minimum absolute atomic E-state index is 0.130. The summed E-state index contributed by atoms with van der Waals surface area (Å²) < 4.78 is 1.44. The van der Waals surface area contributed by atoms with Gasteiger partial charge in [-0.2, -0.15) is 0 Å². The largest absolute Gasteiger partial charge is 0.508 e. The number of aromatic nitrogens is 2. The van der Waals surface area contributed by atoms with E-state index in [-0.39, 0.29) is 17.9 Å². The van der Waals surface area contributed by atoms with Crippen molar-refractivity contribution < 1.29 is 5.11 Å². The number of aromatic amines is 1. The second kappa shape index (κ2) is 4.47. The lowest BCUT2D eigenvalue weighted by atomic mass is 10.2. The molecule has 0 bridgehead atoms. The van der Waals surface area contributed by atoms with Crippen LogP contribution >= 0.6 is 0 Å². The molecule has 0 aliphatic carbocycles. The SMILES string of the molecule is CCc1[nH]n(-c2ccc(O)cc2)c(=O)c1CN. The molecule has 0 fully saturated rings. The van der Waals surface area contributed by atoms with Crippen molar-refractivity contribution in [1.82, 2.24) is 9.78 Å². The topological polar surface area (TPSA) is 84.0 Å². The van der Waals surface area contributed by atoms with Crippen molar-refractivity contribution in [3.63, 3.8) is 0 Å². The number of aryl methyl sites for hydroxylation is 1. The molecule has 0 unspecified atom stereocenters. The minimum Gasteiger partial charge on any atom is -0.508 e. The van der Waals surface area contributed by atoms with Crippen molar-refractivity contribution in [3.05, 3.63) is 45.9 Å². The first-order chi connectivity index (χ1) is 8.17. The Balaban J connectivity index is 2.56. The molecule has 0 saturated heterocycles. The van der Waals surface area contributed by atoms with E-state index in [4.69, 9.17) is 5.73 Å². The molecule has 0 aliphatic rings. The summed E-state index contributed by atoms with van der Waals surface area (Å²) >= 11 is 0. The highest BCUT2D eigenvalue weighted by Crippen LogP contribution is 2.13. The molecular formula is C12H15N3O2. The fraction of sp³-hybridized carbons (Fsp3) is 0.250. The van der Waals surface area contributed by atoms with E-state index in [0.29, 0.717) is 11.3 Å². The Morgan fingerprint density at radius 2 is 2.00 bits per heavy atom. The summed E-state index contributed by atoms with van der Waals surface area (Å²) in [7, 11) is 0. The molecule has 17 heavy (non-hydrogen) atoms. The van der Waals surface area contributed by atoms with Crippen molar-refractivity contribution in [2.75, 3.05) is 0 Å². The second-order valence-electron chi connectivity index (χ2n) is 3.78. The van der Waals surface area contributed by atoms with Crippen molar-refractivity contribution in [1.29, 1.82) is 0 Å². The average Bonchev–Trinajstić information content (AvgIpc) is 2.66. The second-order valence-corrected chi connectivity index (χ2v) is 3.78. The van der Waals surface area contributed by atoms with E-state index < -0.39 is 0 Å². The maximum Gasteiger partial charge on any atom is 0.275 e. The maximum atomic E-state index is 12.1. The predicted octanol–water partition coefficient (Wildman–Crippen LogP) is 0.892. The molecular weight excluding hydrogens is 218 g/mol. The molecule has 5 heteroatoms. The van der Waals surface area contributed by atoms with Crippen LogP contribution in [0.15, 0.2) is 29.1 Å². The normalized spacial score (nSPS) is 10.7. The number of nitrogens with one attached hydrogen (secondary N) is 1. The first-order valence-electron chi connectivity index (χ1n) is 5.49. The number of rotatable bonds is 3. The summed E-state index contributed by atoms with van der Waals surface area (Å²) in [6.45, 7) is 2.19. The third-order valence-corrected chi connectivity index (χ3v) is 2.74. The van der Waals surface area contributed by atoms with Crippen LogP contribution < -0.4 is 11.3 Å². The molecule has 1 heterocycles. The Bertz CT molecular complexity index is 566. The first kappa shape index (κ1) is 11.5. The van der Waals surface area contributed by atoms with Crippen molar-refractivity contribution in [2.45, 2.75) is 19.9 Å². The standard InChI is InChI=1S/C12H15N3O2/c1-2-11-10(7-13)12(17)15(14-11)8-3-5-9(16)6-4-8/h3-6,14,16H,2,7,13H2,1H3. The molecule has 0 atom stereocenters. The molecule has 2 aromatic rings. The zero-order chi connectivity index (χ0) is 12.4. The summed E-state index contributed by atoms with van der Waals surface area (Å²) in [5, 5.41) is 12.2. The number of nitrogens with zero attached hydrogens (tertiary/aromatic N) is 1. The number of phenolic OH excluding ortho intramolecular Hbond substituents is 1. The summed E-state index contributed by atoms with van der Waals surface area (Å²) in [5.41, 5.74) is 7.59. The van der Waals surface area contributed by atoms with Crippen molar-refractivity contribution >= 4 is 0 Å². The van der Waals surface area contributed by atoms with Gasteiger partial charge in [-0.25, -0.2) is 4.68 Å². The Hall–Kier alpha value is -2.01. The highest BCUT2D eigenvalue weighted by molar-refractivity contribution is 5.37. The van der Waals surface area contributed by atoms with E-state index >= 15 is 0 Å². The minimum atomic E-state index is -0.130. The molecule has 0 aliphatic heterocycles. The van der Waals surface area contributed by atoms with E-state index in [9.17, 15) is 9.90 Å². The van der Waals surface area contributed by atoms with Gasteiger partial charge < -0.3 is 10.8 Å². The summed E-state index contributed by atoms with van der Waals surface area (Å²) in [4.78, 5) is 12.1. The van der Waals surface area contributed by atoms with Crippen LogP contribution in [0, 0.1) is 0 Å². The van der Waals surface area contributed by atoms with Gasteiger partial charge in [0.1, 0.15) is 5.75 Å². The van der Waals surface area contributed by atoms with E-state index in [1.54, 1.807) is 12.1 Å². The van der Waals surface area contributed by atoms with E-state index in [0.717, 1.165) is 12.1 Å². The van der Waals surface area contributed by atoms with Crippen LogP contribution in [0.1, 0.15) is 18.2 Å². The average molecular weight is 233 g/mol. The van der Waals surface area contributed by atoms with Crippen LogP contribution in [0.5, 0.6) is 5.75 Å². The molecule has 0 radical (unpaired) electrons. The third kappa shape index (κ3) is 1.97. The van der Waals surface area contributed by atoms with Crippen molar-refractivity contribution in [2.24, 2.45) is 5.73 Å². The lowest BCUT2D eigenvalue weighted by Gasteiger charge is -2.01. The van der Waals surface area contributed by atoms with Gasteiger partial charge in [0, 0.05) is 12.2 Å². The number of phenols is 1. The van der Waals surface area contributed by atoms with Crippen molar-refractivity contribution in [3.8, 4) is 11.4 Å². The van der Waals surface area contributed by atoms with E-state index in [2.05, 4.69) is 5.10 Å². The van der Waals surface area contributed by atoms with Gasteiger partial charge in [0.05, 0.1) is 11.3 Å². The van der Waals surface area contributed by atoms with Gasteiger partial charge in [-0.1, -0.05) is 6.92 Å². The summed E-state index contributed by atoms with van der Waals surface area (Å²) in [6, 6.07) is 6.42. The Morgan fingerprint density at radius 3 is 2.47 bits per heavy atom. The highest BCUT2D eigenvalue weighted by Gasteiger charge is 2.12. The number of benzene rings is 1. The van der Waals surface area contributed by atoms with Gasteiger partial charge in [0.15, 0.2) is 0 Å². The van der Waals surface area contributed by atoms with Crippen LogP contribution in [0.4, 0.5) is 0 Å².